The largest absolute Gasteiger partial charge is 0.311 e. The molecule has 2 heterocycles. The SMILES string of the molecule is Cc1cccc(-c2nc(CC(=O)Nc3ccnn3Cc3ccc(Br)cc3)cs2)c1. The van der Waals surface area contributed by atoms with Crippen molar-refractivity contribution in [2.24, 2.45) is 0 Å². The summed E-state index contributed by atoms with van der Waals surface area (Å²) in [6.45, 7) is 2.65. The van der Waals surface area contributed by atoms with E-state index in [9.17, 15) is 4.79 Å². The van der Waals surface area contributed by atoms with Crippen molar-refractivity contribution in [3.63, 3.8) is 0 Å². The highest BCUT2D eigenvalue weighted by Gasteiger charge is 2.12. The topological polar surface area (TPSA) is 59.8 Å². The lowest BCUT2D eigenvalue weighted by atomic mass is 10.1. The van der Waals surface area contributed by atoms with Gasteiger partial charge in [-0.1, -0.05) is 51.8 Å². The van der Waals surface area contributed by atoms with Gasteiger partial charge in [-0.3, -0.25) is 4.79 Å². The van der Waals surface area contributed by atoms with Crippen LogP contribution in [0.3, 0.4) is 0 Å². The van der Waals surface area contributed by atoms with Gasteiger partial charge in [-0.2, -0.15) is 5.10 Å². The van der Waals surface area contributed by atoms with Crippen LogP contribution in [0.4, 0.5) is 5.82 Å². The maximum absolute atomic E-state index is 12.5. The smallest absolute Gasteiger partial charge is 0.231 e. The zero-order chi connectivity index (χ0) is 20.2. The second-order valence-electron chi connectivity index (χ2n) is 6.74. The van der Waals surface area contributed by atoms with E-state index in [1.54, 1.807) is 28.3 Å². The Morgan fingerprint density at radius 1 is 1.17 bits per heavy atom. The molecular weight excluding hydrogens is 448 g/mol. The van der Waals surface area contributed by atoms with Crippen LogP contribution in [0.25, 0.3) is 10.6 Å². The number of aromatic nitrogens is 3. The second-order valence-corrected chi connectivity index (χ2v) is 8.51. The zero-order valence-electron chi connectivity index (χ0n) is 15.8. The number of benzene rings is 2. The van der Waals surface area contributed by atoms with Crippen molar-refractivity contribution in [1.82, 2.24) is 14.8 Å². The highest BCUT2D eigenvalue weighted by molar-refractivity contribution is 9.10. The van der Waals surface area contributed by atoms with E-state index in [-0.39, 0.29) is 12.3 Å². The average Bonchev–Trinajstić information content (AvgIpc) is 3.33. The van der Waals surface area contributed by atoms with Gasteiger partial charge in [-0.15, -0.1) is 11.3 Å². The number of halogens is 1. The third-order valence-electron chi connectivity index (χ3n) is 4.39. The van der Waals surface area contributed by atoms with Gasteiger partial charge in [0.25, 0.3) is 0 Å². The van der Waals surface area contributed by atoms with Crippen molar-refractivity contribution < 1.29 is 4.79 Å². The number of hydrogen-bond acceptors (Lipinski definition) is 4. The van der Waals surface area contributed by atoms with E-state index in [0.29, 0.717) is 12.4 Å². The predicted octanol–water partition coefficient (Wildman–Crippen LogP) is 5.31. The average molecular weight is 467 g/mol. The number of nitrogens with one attached hydrogen (secondary N) is 1. The first-order valence-corrected chi connectivity index (χ1v) is 10.8. The van der Waals surface area contributed by atoms with E-state index in [0.717, 1.165) is 26.3 Å². The lowest BCUT2D eigenvalue weighted by Gasteiger charge is -2.09. The number of rotatable bonds is 6. The van der Waals surface area contributed by atoms with E-state index >= 15 is 0 Å². The molecule has 1 amide bonds. The van der Waals surface area contributed by atoms with Gasteiger partial charge in [-0.05, 0) is 30.7 Å². The summed E-state index contributed by atoms with van der Waals surface area (Å²) in [6.07, 6.45) is 1.92. The standard InChI is InChI=1S/C22H19BrN4OS/c1-15-3-2-4-17(11-15)22-25-19(14-29-22)12-21(28)26-20-9-10-24-27(20)13-16-5-7-18(23)8-6-16/h2-11,14H,12-13H2,1H3,(H,26,28). The van der Waals surface area contributed by atoms with E-state index in [2.05, 4.69) is 50.4 Å². The molecule has 0 aliphatic heterocycles. The van der Waals surface area contributed by atoms with E-state index in [4.69, 9.17) is 0 Å². The van der Waals surface area contributed by atoms with Crippen LogP contribution in [0.1, 0.15) is 16.8 Å². The van der Waals surface area contributed by atoms with Gasteiger partial charge in [0.1, 0.15) is 10.8 Å². The Morgan fingerprint density at radius 3 is 2.79 bits per heavy atom. The monoisotopic (exact) mass is 466 g/mol. The fourth-order valence-corrected chi connectivity index (χ4v) is 4.06. The lowest BCUT2D eigenvalue weighted by molar-refractivity contribution is -0.115. The summed E-state index contributed by atoms with van der Waals surface area (Å²) in [6, 6.07) is 18.1. The maximum Gasteiger partial charge on any atom is 0.231 e. The first-order valence-electron chi connectivity index (χ1n) is 9.14. The molecule has 2 aromatic carbocycles. The molecule has 0 spiro atoms. The van der Waals surface area contributed by atoms with Crippen molar-refractivity contribution in [3.8, 4) is 10.6 Å². The molecule has 7 heteroatoms. The van der Waals surface area contributed by atoms with Crippen molar-refractivity contribution in [2.75, 3.05) is 5.32 Å². The molecule has 0 unspecified atom stereocenters. The molecular formula is C22H19BrN4OS. The summed E-state index contributed by atoms with van der Waals surface area (Å²) >= 11 is 4.99. The molecule has 0 aliphatic carbocycles. The summed E-state index contributed by atoms with van der Waals surface area (Å²) < 4.78 is 2.81. The zero-order valence-corrected chi connectivity index (χ0v) is 18.2. The van der Waals surface area contributed by atoms with Gasteiger partial charge in [-0.25, -0.2) is 9.67 Å². The number of anilines is 1. The summed E-state index contributed by atoms with van der Waals surface area (Å²) in [5.41, 5.74) is 4.14. The van der Waals surface area contributed by atoms with Gasteiger partial charge in [0.05, 0.1) is 24.9 Å². The van der Waals surface area contributed by atoms with Gasteiger partial charge in [0, 0.05) is 21.5 Å². The number of aryl methyl sites for hydroxylation is 1. The highest BCUT2D eigenvalue weighted by atomic mass is 79.9. The summed E-state index contributed by atoms with van der Waals surface area (Å²) in [7, 11) is 0. The first-order chi connectivity index (χ1) is 14.1. The Hall–Kier alpha value is -2.77. The molecule has 0 atom stereocenters. The molecule has 2 aromatic heterocycles. The molecule has 0 saturated heterocycles. The lowest BCUT2D eigenvalue weighted by Crippen LogP contribution is -2.18. The Labute approximate surface area is 181 Å². The van der Waals surface area contributed by atoms with E-state index in [1.807, 2.05) is 41.8 Å². The van der Waals surface area contributed by atoms with Crippen LogP contribution in [0.15, 0.2) is 70.6 Å². The molecule has 0 radical (unpaired) electrons. The molecule has 4 aromatic rings. The van der Waals surface area contributed by atoms with Crippen LogP contribution < -0.4 is 5.32 Å². The Balaban J connectivity index is 1.41. The van der Waals surface area contributed by atoms with E-state index < -0.39 is 0 Å². The van der Waals surface area contributed by atoms with Crippen LogP contribution in [0.2, 0.25) is 0 Å². The number of thiazole rings is 1. The number of carbonyl (C=O) groups excluding carboxylic acids is 1. The molecule has 0 aliphatic rings. The van der Waals surface area contributed by atoms with Crippen LogP contribution in [0.5, 0.6) is 0 Å². The van der Waals surface area contributed by atoms with E-state index in [1.165, 1.54) is 5.56 Å². The van der Waals surface area contributed by atoms with Crippen LogP contribution in [-0.4, -0.2) is 20.7 Å². The molecule has 0 fully saturated rings. The maximum atomic E-state index is 12.5. The fraction of sp³-hybridized carbons (Fsp3) is 0.136. The van der Waals surface area contributed by atoms with Crippen molar-refractivity contribution in [2.45, 2.75) is 19.9 Å². The first kappa shape index (κ1) is 19.5. The van der Waals surface area contributed by atoms with Crippen LogP contribution in [-0.2, 0) is 17.8 Å². The fourth-order valence-electron chi connectivity index (χ4n) is 2.98. The Morgan fingerprint density at radius 2 is 2.00 bits per heavy atom. The molecule has 5 nitrogen and oxygen atoms in total. The minimum absolute atomic E-state index is 0.108. The number of nitrogens with zero attached hydrogens (tertiary/aromatic N) is 3. The molecule has 146 valence electrons. The molecule has 29 heavy (non-hydrogen) atoms. The van der Waals surface area contributed by atoms with Crippen LogP contribution >= 0.6 is 27.3 Å². The molecule has 0 bridgehead atoms. The number of carbonyl (C=O) groups is 1. The molecule has 1 N–H and O–H groups in total. The number of hydrogen-bond donors (Lipinski definition) is 1. The van der Waals surface area contributed by atoms with Gasteiger partial charge in [0.2, 0.25) is 5.91 Å². The Bertz CT molecular complexity index is 1130. The van der Waals surface area contributed by atoms with Crippen molar-refractivity contribution >= 4 is 39.0 Å². The van der Waals surface area contributed by atoms with Crippen molar-refractivity contribution in [3.05, 3.63) is 87.5 Å². The van der Waals surface area contributed by atoms with Crippen LogP contribution in [0, 0.1) is 6.92 Å². The number of amides is 1. The summed E-state index contributed by atoms with van der Waals surface area (Å²) in [4.78, 5) is 17.2. The second kappa shape index (κ2) is 8.71. The van der Waals surface area contributed by atoms with Gasteiger partial charge < -0.3 is 5.32 Å². The predicted molar refractivity (Wildman–Crippen MR) is 120 cm³/mol. The Kier molecular flexibility index (Phi) is 5.87. The quantitative estimate of drug-likeness (QED) is 0.418. The highest BCUT2D eigenvalue weighted by Crippen LogP contribution is 2.24. The minimum Gasteiger partial charge on any atom is -0.311 e. The van der Waals surface area contributed by atoms with Gasteiger partial charge >= 0.3 is 0 Å². The van der Waals surface area contributed by atoms with Gasteiger partial charge in [0.15, 0.2) is 0 Å². The minimum atomic E-state index is -0.108. The molecule has 0 saturated carbocycles. The third kappa shape index (κ3) is 4.99. The summed E-state index contributed by atoms with van der Waals surface area (Å²) in [5, 5.41) is 10.1. The normalized spacial score (nSPS) is 10.8. The summed E-state index contributed by atoms with van der Waals surface area (Å²) in [5.74, 6) is 0.565. The van der Waals surface area contributed by atoms with Crippen molar-refractivity contribution in [1.29, 1.82) is 0 Å². The third-order valence-corrected chi connectivity index (χ3v) is 5.86. The molecule has 4 rings (SSSR count).